The molecule has 0 N–H and O–H groups in total. The Bertz CT molecular complexity index is 1350. The maximum atomic E-state index is 13.6. The number of rotatable bonds is 4. The van der Waals surface area contributed by atoms with Gasteiger partial charge >= 0.3 is 0 Å². The van der Waals surface area contributed by atoms with Gasteiger partial charge in [-0.2, -0.15) is 5.10 Å². The minimum Gasteiger partial charge on any atom is -0.268 e. The van der Waals surface area contributed by atoms with Gasteiger partial charge in [0.2, 0.25) is 0 Å². The lowest BCUT2D eigenvalue weighted by Gasteiger charge is -2.29. The minimum atomic E-state index is -0.334. The van der Waals surface area contributed by atoms with Gasteiger partial charge in [-0.15, -0.1) is 0 Å². The molecule has 1 aliphatic heterocycles. The van der Waals surface area contributed by atoms with Crippen LogP contribution in [0.25, 0.3) is 11.6 Å². The third kappa shape index (κ3) is 3.54. The number of para-hydroxylation sites is 1. The molecule has 0 atom stereocenters. The summed E-state index contributed by atoms with van der Waals surface area (Å²) in [6, 6.07) is 24.7. The molecule has 5 heteroatoms. The molecular formula is C27H21N3O2. The Balaban J connectivity index is 1.56. The summed E-state index contributed by atoms with van der Waals surface area (Å²) >= 11 is 0. The van der Waals surface area contributed by atoms with E-state index in [1.165, 1.54) is 4.90 Å². The van der Waals surface area contributed by atoms with Crippen LogP contribution in [-0.2, 0) is 11.3 Å². The summed E-state index contributed by atoms with van der Waals surface area (Å²) in [5, 5.41) is 4.44. The molecular weight excluding hydrogens is 398 g/mol. The van der Waals surface area contributed by atoms with Gasteiger partial charge in [-0.05, 0) is 41.8 Å². The van der Waals surface area contributed by atoms with E-state index in [-0.39, 0.29) is 11.8 Å². The number of carbonyl (C=O) groups excluding carboxylic acids is 2. The average molecular weight is 419 g/mol. The molecule has 0 saturated heterocycles. The van der Waals surface area contributed by atoms with Gasteiger partial charge in [0.1, 0.15) is 0 Å². The van der Waals surface area contributed by atoms with E-state index in [0.29, 0.717) is 28.9 Å². The summed E-state index contributed by atoms with van der Waals surface area (Å²) in [6.45, 7) is 2.54. The fourth-order valence-corrected chi connectivity index (χ4v) is 4.00. The summed E-state index contributed by atoms with van der Waals surface area (Å²) in [5.74, 6) is -0.643. The second-order valence-corrected chi connectivity index (χ2v) is 7.79. The van der Waals surface area contributed by atoms with Crippen LogP contribution in [0.5, 0.6) is 0 Å². The zero-order valence-electron chi connectivity index (χ0n) is 17.6. The Morgan fingerprint density at radius 1 is 0.812 bits per heavy atom. The highest BCUT2D eigenvalue weighted by molar-refractivity contribution is 6.43. The Hall–Kier alpha value is -4.25. The van der Waals surface area contributed by atoms with Gasteiger partial charge in [0.05, 0.1) is 18.4 Å². The predicted molar refractivity (Wildman–Crippen MR) is 125 cm³/mol. The van der Waals surface area contributed by atoms with Crippen LogP contribution in [-0.4, -0.2) is 21.6 Å². The lowest BCUT2D eigenvalue weighted by Crippen LogP contribution is -2.42. The Morgan fingerprint density at radius 2 is 1.50 bits per heavy atom. The smallest absolute Gasteiger partial charge is 0.265 e. The Kier molecular flexibility index (Phi) is 5.00. The van der Waals surface area contributed by atoms with Crippen molar-refractivity contribution in [2.75, 3.05) is 4.90 Å². The van der Waals surface area contributed by atoms with Crippen molar-refractivity contribution in [3.63, 3.8) is 0 Å². The number of aromatic nitrogens is 2. The van der Waals surface area contributed by atoms with Crippen LogP contribution in [0.15, 0.2) is 91.3 Å². The predicted octanol–water partition coefficient (Wildman–Crippen LogP) is 4.97. The summed E-state index contributed by atoms with van der Waals surface area (Å²) in [6.07, 6.45) is 5.46. The molecule has 4 aromatic rings. The van der Waals surface area contributed by atoms with Crippen LogP contribution in [0.3, 0.4) is 0 Å². The van der Waals surface area contributed by atoms with Crippen molar-refractivity contribution >= 4 is 29.2 Å². The van der Waals surface area contributed by atoms with Crippen LogP contribution < -0.4 is 4.90 Å². The van der Waals surface area contributed by atoms with Gasteiger partial charge in [0.15, 0.2) is 0 Å². The van der Waals surface area contributed by atoms with Crippen molar-refractivity contribution in [3.05, 3.63) is 119 Å². The lowest BCUT2D eigenvalue weighted by molar-refractivity contribution is -0.112. The normalized spacial score (nSPS) is 14.7. The van der Waals surface area contributed by atoms with Crippen LogP contribution in [0.4, 0.5) is 5.69 Å². The van der Waals surface area contributed by atoms with Gasteiger partial charge in [0.25, 0.3) is 11.8 Å². The SMILES string of the molecule is Cc1ccccc1N1C(=O)/C(=C\c2cnn(Cc3ccccc3)c2)c2ccccc2C1=O. The second kappa shape index (κ2) is 8.12. The van der Waals surface area contributed by atoms with Crippen LogP contribution >= 0.6 is 0 Å². The van der Waals surface area contributed by atoms with E-state index >= 15 is 0 Å². The first-order chi connectivity index (χ1) is 15.6. The molecule has 156 valence electrons. The highest BCUT2D eigenvalue weighted by Gasteiger charge is 2.36. The first-order valence-electron chi connectivity index (χ1n) is 10.4. The van der Waals surface area contributed by atoms with Crippen molar-refractivity contribution in [1.82, 2.24) is 9.78 Å². The molecule has 0 radical (unpaired) electrons. The number of benzene rings is 3. The zero-order chi connectivity index (χ0) is 22.1. The molecule has 2 amide bonds. The number of aryl methyl sites for hydroxylation is 1. The van der Waals surface area contributed by atoms with E-state index in [1.54, 1.807) is 18.3 Å². The fraction of sp³-hybridized carbons (Fsp3) is 0.0741. The number of hydrogen-bond donors (Lipinski definition) is 0. The molecule has 1 aromatic heterocycles. The third-order valence-corrected chi connectivity index (χ3v) is 5.59. The maximum absolute atomic E-state index is 13.6. The number of anilines is 1. The maximum Gasteiger partial charge on any atom is 0.265 e. The van der Waals surface area contributed by atoms with Crippen LogP contribution in [0, 0.1) is 6.92 Å². The molecule has 3 aromatic carbocycles. The van der Waals surface area contributed by atoms with E-state index in [4.69, 9.17) is 0 Å². The highest BCUT2D eigenvalue weighted by Crippen LogP contribution is 2.34. The quantitative estimate of drug-likeness (QED) is 0.347. The molecule has 32 heavy (non-hydrogen) atoms. The number of amides is 2. The number of hydrogen-bond acceptors (Lipinski definition) is 3. The molecule has 1 aliphatic rings. The van der Waals surface area contributed by atoms with Crippen molar-refractivity contribution in [2.45, 2.75) is 13.5 Å². The monoisotopic (exact) mass is 419 g/mol. The van der Waals surface area contributed by atoms with E-state index in [9.17, 15) is 9.59 Å². The van der Waals surface area contributed by atoms with E-state index in [2.05, 4.69) is 5.10 Å². The number of nitrogens with zero attached hydrogens (tertiary/aromatic N) is 3. The molecule has 5 rings (SSSR count). The molecule has 0 fully saturated rings. The molecule has 2 heterocycles. The standard InChI is InChI=1S/C27H21N3O2/c1-19-9-5-8-14-25(19)30-26(31)23-13-7-6-12-22(23)24(27(30)32)15-21-16-28-29(18-21)17-20-10-3-2-4-11-20/h2-16,18H,17H2,1H3/b24-15-. The van der Waals surface area contributed by atoms with Crippen LogP contribution in [0.1, 0.15) is 32.6 Å². The first kappa shape index (κ1) is 19.7. The summed E-state index contributed by atoms with van der Waals surface area (Å²) in [5.41, 5.74) is 5.04. The third-order valence-electron chi connectivity index (χ3n) is 5.59. The zero-order valence-corrected chi connectivity index (χ0v) is 17.6. The molecule has 0 aliphatic carbocycles. The summed E-state index contributed by atoms with van der Waals surface area (Å²) in [4.78, 5) is 28.1. The molecule has 0 saturated carbocycles. The van der Waals surface area contributed by atoms with Gasteiger partial charge in [-0.25, -0.2) is 4.90 Å². The molecule has 0 unspecified atom stereocenters. The minimum absolute atomic E-state index is 0.308. The first-order valence-corrected chi connectivity index (χ1v) is 10.4. The largest absolute Gasteiger partial charge is 0.268 e. The average Bonchev–Trinajstić information content (AvgIpc) is 3.25. The number of fused-ring (bicyclic) bond motifs is 1. The number of carbonyl (C=O) groups is 2. The van der Waals surface area contributed by atoms with Gasteiger partial charge in [-0.1, -0.05) is 66.7 Å². The Morgan fingerprint density at radius 3 is 2.28 bits per heavy atom. The highest BCUT2D eigenvalue weighted by atomic mass is 16.2. The van der Waals surface area contributed by atoms with Crippen molar-refractivity contribution in [1.29, 1.82) is 0 Å². The van der Waals surface area contributed by atoms with Gasteiger partial charge in [-0.3, -0.25) is 14.3 Å². The molecule has 5 nitrogen and oxygen atoms in total. The molecule has 0 bridgehead atoms. The number of imide groups is 1. The summed E-state index contributed by atoms with van der Waals surface area (Å²) in [7, 11) is 0. The van der Waals surface area contributed by atoms with E-state index < -0.39 is 0 Å². The van der Waals surface area contributed by atoms with Crippen molar-refractivity contribution < 1.29 is 9.59 Å². The summed E-state index contributed by atoms with van der Waals surface area (Å²) < 4.78 is 1.84. The van der Waals surface area contributed by atoms with Crippen LogP contribution in [0.2, 0.25) is 0 Å². The lowest BCUT2D eigenvalue weighted by atomic mass is 9.91. The molecule has 0 spiro atoms. The topological polar surface area (TPSA) is 55.2 Å². The van der Waals surface area contributed by atoms with Crippen molar-refractivity contribution in [2.24, 2.45) is 0 Å². The van der Waals surface area contributed by atoms with E-state index in [1.807, 2.05) is 90.6 Å². The van der Waals surface area contributed by atoms with Gasteiger partial charge in [0, 0.05) is 22.9 Å². The van der Waals surface area contributed by atoms with Crippen molar-refractivity contribution in [3.8, 4) is 0 Å². The van der Waals surface area contributed by atoms with Gasteiger partial charge < -0.3 is 0 Å². The Labute approximate surface area is 186 Å². The van der Waals surface area contributed by atoms with E-state index in [0.717, 1.165) is 16.7 Å². The fourth-order valence-electron chi connectivity index (χ4n) is 4.00. The second-order valence-electron chi connectivity index (χ2n) is 7.79.